The fourth-order valence-electron chi connectivity index (χ4n) is 1.60. The van der Waals surface area contributed by atoms with Crippen LogP contribution in [0.4, 0.5) is 0 Å². The molecule has 0 aromatic carbocycles. The van der Waals surface area contributed by atoms with Crippen LogP contribution in [-0.4, -0.2) is 32.9 Å². The molecule has 92 valence electrons. The van der Waals surface area contributed by atoms with Gasteiger partial charge in [-0.1, -0.05) is 6.07 Å². The normalized spacial score (nSPS) is 10.1. The summed E-state index contributed by atoms with van der Waals surface area (Å²) in [6.07, 6.45) is 6.12. The molecule has 5 nitrogen and oxygen atoms in total. The molecule has 0 aliphatic carbocycles. The van der Waals surface area contributed by atoms with Crippen molar-refractivity contribution in [1.29, 1.82) is 0 Å². The second kappa shape index (κ2) is 5.27. The van der Waals surface area contributed by atoms with Gasteiger partial charge in [0.25, 0.3) is 5.91 Å². The van der Waals surface area contributed by atoms with Crippen LogP contribution in [-0.2, 0) is 6.54 Å². The Morgan fingerprint density at radius 2 is 2.17 bits per heavy atom. The highest BCUT2D eigenvalue weighted by Gasteiger charge is 2.12. The van der Waals surface area contributed by atoms with E-state index in [9.17, 15) is 9.90 Å². The van der Waals surface area contributed by atoms with E-state index in [0.717, 1.165) is 5.56 Å². The Bertz CT molecular complexity index is 543. The third kappa shape index (κ3) is 2.82. The molecule has 0 saturated carbocycles. The monoisotopic (exact) mass is 243 g/mol. The molecule has 18 heavy (non-hydrogen) atoms. The van der Waals surface area contributed by atoms with E-state index in [2.05, 4.69) is 9.97 Å². The van der Waals surface area contributed by atoms with E-state index >= 15 is 0 Å². The highest BCUT2D eigenvalue weighted by molar-refractivity contribution is 5.94. The number of nitrogens with zero attached hydrogens (tertiary/aromatic N) is 3. The van der Waals surface area contributed by atoms with E-state index in [4.69, 9.17) is 0 Å². The van der Waals surface area contributed by atoms with Crippen LogP contribution >= 0.6 is 0 Å². The van der Waals surface area contributed by atoms with Crippen molar-refractivity contribution in [3.05, 3.63) is 54.1 Å². The van der Waals surface area contributed by atoms with Gasteiger partial charge in [0.2, 0.25) is 0 Å². The number of aromatic hydroxyl groups is 1. The number of carbonyl (C=O) groups excluding carboxylic acids is 1. The van der Waals surface area contributed by atoms with Crippen LogP contribution in [0.5, 0.6) is 5.75 Å². The number of carbonyl (C=O) groups is 1. The molecule has 5 heteroatoms. The Kier molecular flexibility index (Phi) is 3.52. The van der Waals surface area contributed by atoms with Crippen LogP contribution in [0, 0.1) is 0 Å². The van der Waals surface area contributed by atoms with Gasteiger partial charge in [-0.15, -0.1) is 0 Å². The van der Waals surface area contributed by atoms with Crippen molar-refractivity contribution in [2.24, 2.45) is 0 Å². The second-order valence-electron chi connectivity index (χ2n) is 3.95. The summed E-state index contributed by atoms with van der Waals surface area (Å²) in [6, 6.07) is 5.12. The molecule has 0 spiro atoms. The molecule has 0 atom stereocenters. The summed E-state index contributed by atoms with van der Waals surface area (Å²) in [5.41, 5.74) is 1.31. The first-order valence-electron chi connectivity index (χ1n) is 5.45. The van der Waals surface area contributed by atoms with Crippen molar-refractivity contribution in [1.82, 2.24) is 14.9 Å². The fourth-order valence-corrected chi connectivity index (χ4v) is 1.60. The van der Waals surface area contributed by atoms with Gasteiger partial charge in [-0.25, -0.2) is 0 Å². The number of amides is 1. The predicted octanol–water partition coefficient (Wildman–Crippen LogP) is 1.45. The Balaban J connectivity index is 2.10. The Hall–Kier alpha value is -2.43. The van der Waals surface area contributed by atoms with E-state index in [0.29, 0.717) is 12.1 Å². The van der Waals surface area contributed by atoms with Gasteiger partial charge in [0.15, 0.2) is 0 Å². The number of aromatic nitrogens is 2. The predicted molar refractivity (Wildman–Crippen MR) is 65.9 cm³/mol. The molecule has 2 aromatic heterocycles. The molecule has 0 bridgehead atoms. The molecular formula is C13H13N3O2. The number of pyridine rings is 2. The first-order chi connectivity index (χ1) is 8.66. The maximum Gasteiger partial charge on any atom is 0.255 e. The van der Waals surface area contributed by atoms with E-state index in [1.54, 1.807) is 24.3 Å². The largest absolute Gasteiger partial charge is 0.506 e. The summed E-state index contributed by atoms with van der Waals surface area (Å²) in [4.78, 5) is 21.4. The maximum atomic E-state index is 12.1. The lowest BCUT2D eigenvalue weighted by atomic mass is 10.2. The average Bonchev–Trinajstić information content (AvgIpc) is 2.39. The minimum Gasteiger partial charge on any atom is -0.506 e. The molecular weight excluding hydrogens is 230 g/mol. The quantitative estimate of drug-likeness (QED) is 0.886. The zero-order chi connectivity index (χ0) is 13.0. The van der Waals surface area contributed by atoms with Crippen LogP contribution in [0.2, 0.25) is 0 Å². The molecule has 0 fully saturated rings. The van der Waals surface area contributed by atoms with Gasteiger partial charge in [-0.2, -0.15) is 0 Å². The van der Waals surface area contributed by atoms with Crippen LogP contribution in [0.3, 0.4) is 0 Å². The third-order valence-corrected chi connectivity index (χ3v) is 2.46. The molecule has 2 heterocycles. The average molecular weight is 243 g/mol. The van der Waals surface area contributed by atoms with Crippen molar-refractivity contribution in [2.45, 2.75) is 6.54 Å². The molecule has 2 rings (SSSR count). The minimum absolute atomic E-state index is 0.0179. The lowest BCUT2D eigenvalue weighted by Gasteiger charge is -2.16. The van der Waals surface area contributed by atoms with E-state index in [-0.39, 0.29) is 11.7 Å². The molecule has 1 N–H and O–H groups in total. The zero-order valence-corrected chi connectivity index (χ0v) is 9.95. The van der Waals surface area contributed by atoms with Gasteiger partial charge in [-0.05, 0) is 17.7 Å². The summed E-state index contributed by atoms with van der Waals surface area (Å²) >= 11 is 0. The molecule has 0 aliphatic rings. The van der Waals surface area contributed by atoms with Crippen molar-refractivity contribution >= 4 is 5.91 Å². The summed E-state index contributed by atoms with van der Waals surface area (Å²) in [6.45, 7) is 0.461. The topological polar surface area (TPSA) is 66.3 Å². The molecule has 1 amide bonds. The molecule has 0 aliphatic heterocycles. The number of hydrogen-bond acceptors (Lipinski definition) is 4. The molecule has 0 unspecified atom stereocenters. The second-order valence-corrected chi connectivity index (χ2v) is 3.95. The SMILES string of the molecule is CN(Cc1cccnc1)C(=O)c1cncc(O)c1. The number of hydrogen-bond donors (Lipinski definition) is 1. The Morgan fingerprint density at radius 3 is 2.83 bits per heavy atom. The highest BCUT2D eigenvalue weighted by Crippen LogP contribution is 2.11. The first kappa shape index (κ1) is 12.0. The summed E-state index contributed by atoms with van der Waals surface area (Å²) in [5, 5.41) is 9.29. The van der Waals surface area contributed by atoms with Crippen LogP contribution in [0.25, 0.3) is 0 Å². The molecule has 2 aromatic rings. The maximum absolute atomic E-state index is 12.1. The van der Waals surface area contributed by atoms with Crippen molar-refractivity contribution in [3.63, 3.8) is 0 Å². The minimum atomic E-state index is -0.192. The van der Waals surface area contributed by atoms with E-state index < -0.39 is 0 Å². The van der Waals surface area contributed by atoms with Gasteiger partial charge in [-0.3, -0.25) is 14.8 Å². The summed E-state index contributed by atoms with van der Waals surface area (Å²) in [7, 11) is 1.69. The van der Waals surface area contributed by atoms with E-state index in [1.165, 1.54) is 18.5 Å². The van der Waals surface area contributed by atoms with Crippen LogP contribution in [0.1, 0.15) is 15.9 Å². The Morgan fingerprint density at radius 1 is 1.33 bits per heavy atom. The van der Waals surface area contributed by atoms with Crippen molar-refractivity contribution < 1.29 is 9.90 Å². The lowest BCUT2D eigenvalue weighted by molar-refractivity contribution is 0.0784. The van der Waals surface area contributed by atoms with Crippen molar-refractivity contribution in [2.75, 3.05) is 7.05 Å². The van der Waals surface area contributed by atoms with Crippen LogP contribution < -0.4 is 0 Å². The van der Waals surface area contributed by atoms with Gasteiger partial charge in [0.1, 0.15) is 5.75 Å². The fraction of sp³-hybridized carbons (Fsp3) is 0.154. The van der Waals surface area contributed by atoms with Crippen LogP contribution in [0.15, 0.2) is 43.0 Å². The van der Waals surface area contributed by atoms with Gasteiger partial charge in [0.05, 0.1) is 11.8 Å². The smallest absolute Gasteiger partial charge is 0.255 e. The zero-order valence-electron chi connectivity index (χ0n) is 9.95. The lowest BCUT2D eigenvalue weighted by Crippen LogP contribution is -2.26. The Labute approximate surface area is 105 Å². The van der Waals surface area contributed by atoms with Gasteiger partial charge in [0, 0.05) is 32.2 Å². The highest BCUT2D eigenvalue weighted by atomic mass is 16.3. The van der Waals surface area contributed by atoms with Crippen molar-refractivity contribution in [3.8, 4) is 5.75 Å². The number of rotatable bonds is 3. The standard InChI is InChI=1S/C13H13N3O2/c1-16(9-10-3-2-4-14-6-10)13(18)11-5-12(17)8-15-7-11/h2-8,17H,9H2,1H3. The third-order valence-electron chi connectivity index (χ3n) is 2.46. The summed E-state index contributed by atoms with van der Waals surface area (Å²) in [5.74, 6) is -0.210. The van der Waals surface area contributed by atoms with E-state index in [1.807, 2.05) is 12.1 Å². The first-order valence-corrected chi connectivity index (χ1v) is 5.45. The van der Waals surface area contributed by atoms with Gasteiger partial charge >= 0.3 is 0 Å². The van der Waals surface area contributed by atoms with Gasteiger partial charge < -0.3 is 10.0 Å². The molecule has 0 saturated heterocycles. The summed E-state index contributed by atoms with van der Waals surface area (Å²) < 4.78 is 0. The molecule has 0 radical (unpaired) electrons.